The lowest BCUT2D eigenvalue weighted by Gasteiger charge is -2.03. The molecule has 0 aliphatic carbocycles. The molecule has 5 nitrogen and oxygen atoms in total. The lowest BCUT2D eigenvalue weighted by atomic mass is 10.2. The lowest BCUT2D eigenvalue weighted by Crippen LogP contribution is -2.21. The van der Waals surface area contributed by atoms with Crippen molar-refractivity contribution in [2.75, 3.05) is 32.9 Å². The Balaban J connectivity index is 3.46. The summed E-state index contributed by atoms with van der Waals surface area (Å²) in [6.45, 7) is 3.87. The maximum absolute atomic E-state index is 10.6. The van der Waals surface area contributed by atoms with Crippen molar-refractivity contribution in [3.05, 3.63) is 11.6 Å². The molecule has 0 atom stereocenters. The van der Waals surface area contributed by atoms with Crippen molar-refractivity contribution >= 4 is 5.97 Å². The molecule has 15 heavy (non-hydrogen) atoms. The summed E-state index contributed by atoms with van der Waals surface area (Å²) in [5.74, 6) is -0.865. The average Bonchev–Trinajstić information content (AvgIpc) is 2.21. The third kappa shape index (κ3) is 8.11. The van der Waals surface area contributed by atoms with Crippen LogP contribution in [0.5, 0.6) is 0 Å². The van der Waals surface area contributed by atoms with E-state index in [4.69, 9.17) is 14.9 Å². The van der Waals surface area contributed by atoms with Crippen molar-refractivity contribution in [3.63, 3.8) is 0 Å². The molecule has 0 amide bonds. The minimum Gasteiger partial charge on any atom is -0.478 e. The van der Waals surface area contributed by atoms with Crippen LogP contribution in [0.2, 0.25) is 0 Å². The minimum atomic E-state index is -0.865. The van der Waals surface area contributed by atoms with E-state index >= 15 is 0 Å². The number of carboxylic acids is 1. The molecule has 0 radical (unpaired) electrons. The van der Waals surface area contributed by atoms with E-state index in [1.165, 1.54) is 0 Å². The second-order valence-electron chi connectivity index (χ2n) is 2.93. The standard InChI is InChI=1S/C10H19NO4/c1-2-9(10(13)14)3-4-11-5-7-15-8-6-12/h3,11-12H,2,4-8H2,1H3,(H,13,14). The lowest BCUT2D eigenvalue weighted by molar-refractivity contribution is -0.132. The van der Waals surface area contributed by atoms with Gasteiger partial charge in [-0.05, 0) is 6.42 Å². The fourth-order valence-corrected chi connectivity index (χ4v) is 0.991. The summed E-state index contributed by atoms with van der Waals surface area (Å²) in [5, 5.41) is 20.1. The van der Waals surface area contributed by atoms with Gasteiger partial charge in [-0.15, -0.1) is 0 Å². The largest absolute Gasteiger partial charge is 0.478 e. The highest BCUT2D eigenvalue weighted by molar-refractivity contribution is 5.86. The van der Waals surface area contributed by atoms with Gasteiger partial charge in [-0.2, -0.15) is 0 Å². The molecule has 0 heterocycles. The molecule has 88 valence electrons. The molecule has 0 spiro atoms. The Bertz CT molecular complexity index is 204. The second-order valence-corrected chi connectivity index (χ2v) is 2.93. The molecule has 0 aromatic carbocycles. The first kappa shape index (κ1) is 14.1. The molecule has 0 saturated heterocycles. The zero-order valence-electron chi connectivity index (χ0n) is 9.03. The normalized spacial score (nSPS) is 11.7. The third-order valence-electron chi connectivity index (χ3n) is 1.81. The quantitative estimate of drug-likeness (QED) is 0.374. The number of aliphatic hydroxyl groups is 1. The highest BCUT2D eigenvalue weighted by Gasteiger charge is 2.01. The molecular formula is C10H19NO4. The van der Waals surface area contributed by atoms with Gasteiger partial charge in [0, 0.05) is 18.7 Å². The Morgan fingerprint density at radius 2 is 2.20 bits per heavy atom. The topological polar surface area (TPSA) is 78.8 Å². The predicted octanol–water partition coefficient (Wildman–Crippen LogP) is 0.00590. The Morgan fingerprint density at radius 1 is 1.47 bits per heavy atom. The van der Waals surface area contributed by atoms with Gasteiger partial charge < -0.3 is 20.3 Å². The SMILES string of the molecule is CCC(=CCNCCOCCO)C(=O)O. The van der Waals surface area contributed by atoms with E-state index in [2.05, 4.69) is 5.32 Å². The molecule has 0 rings (SSSR count). The van der Waals surface area contributed by atoms with Gasteiger partial charge in [0.25, 0.3) is 0 Å². The van der Waals surface area contributed by atoms with Crippen LogP contribution in [0.4, 0.5) is 0 Å². The summed E-state index contributed by atoms with van der Waals surface area (Å²) in [4.78, 5) is 10.6. The molecule has 0 aliphatic rings. The summed E-state index contributed by atoms with van der Waals surface area (Å²) < 4.78 is 5.01. The number of aliphatic carboxylic acids is 1. The van der Waals surface area contributed by atoms with Gasteiger partial charge in [-0.1, -0.05) is 13.0 Å². The van der Waals surface area contributed by atoms with Gasteiger partial charge in [0.05, 0.1) is 19.8 Å². The fourth-order valence-electron chi connectivity index (χ4n) is 0.991. The van der Waals surface area contributed by atoms with E-state index in [9.17, 15) is 4.79 Å². The van der Waals surface area contributed by atoms with Crippen molar-refractivity contribution in [1.29, 1.82) is 0 Å². The fraction of sp³-hybridized carbons (Fsp3) is 0.700. The molecule has 5 heteroatoms. The van der Waals surface area contributed by atoms with Gasteiger partial charge in [-0.3, -0.25) is 0 Å². The maximum Gasteiger partial charge on any atom is 0.331 e. The van der Waals surface area contributed by atoms with Crippen LogP contribution in [-0.2, 0) is 9.53 Å². The summed E-state index contributed by atoms with van der Waals surface area (Å²) in [5.41, 5.74) is 0.416. The molecule has 0 fully saturated rings. The van der Waals surface area contributed by atoms with Gasteiger partial charge >= 0.3 is 5.97 Å². The number of rotatable bonds is 9. The molecule has 3 N–H and O–H groups in total. The first-order chi connectivity index (χ1) is 7.22. The number of hydrogen-bond donors (Lipinski definition) is 3. The van der Waals surface area contributed by atoms with E-state index in [1.54, 1.807) is 6.08 Å². The predicted molar refractivity (Wildman–Crippen MR) is 56.8 cm³/mol. The molecule has 0 aliphatic heterocycles. The van der Waals surface area contributed by atoms with Crippen molar-refractivity contribution in [2.45, 2.75) is 13.3 Å². The number of ether oxygens (including phenoxy) is 1. The average molecular weight is 217 g/mol. The molecule has 0 unspecified atom stereocenters. The van der Waals surface area contributed by atoms with Crippen LogP contribution in [0.25, 0.3) is 0 Å². The van der Waals surface area contributed by atoms with Crippen molar-refractivity contribution < 1.29 is 19.7 Å². The maximum atomic E-state index is 10.6. The van der Waals surface area contributed by atoms with Crippen LogP contribution in [0.3, 0.4) is 0 Å². The van der Waals surface area contributed by atoms with Crippen LogP contribution >= 0.6 is 0 Å². The molecule has 0 aromatic heterocycles. The summed E-state index contributed by atoms with van der Waals surface area (Å²) in [6.07, 6.45) is 2.19. The van der Waals surface area contributed by atoms with E-state index in [-0.39, 0.29) is 6.61 Å². The number of hydrogen-bond acceptors (Lipinski definition) is 4. The van der Waals surface area contributed by atoms with Crippen LogP contribution in [0.15, 0.2) is 11.6 Å². The van der Waals surface area contributed by atoms with Crippen LogP contribution in [0.1, 0.15) is 13.3 Å². The monoisotopic (exact) mass is 217 g/mol. The third-order valence-corrected chi connectivity index (χ3v) is 1.81. The highest BCUT2D eigenvalue weighted by Crippen LogP contribution is 1.98. The zero-order chi connectivity index (χ0) is 11.5. The van der Waals surface area contributed by atoms with Crippen molar-refractivity contribution in [2.24, 2.45) is 0 Å². The summed E-state index contributed by atoms with van der Waals surface area (Å²) >= 11 is 0. The van der Waals surface area contributed by atoms with E-state index in [0.29, 0.717) is 38.3 Å². The molecule has 0 aromatic rings. The van der Waals surface area contributed by atoms with Gasteiger partial charge in [-0.25, -0.2) is 4.79 Å². The van der Waals surface area contributed by atoms with Crippen molar-refractivity contribution in [3.8, 4) is 0 Å². The molecule has 0 bridgehead atoms. The highest BCUT2D eigenvalue weighted by atomic mass is 16.5. The van der Waals surface area contributed by atoms with E-state index < -0.39 is 5.97 Å². The molecular weight excluding hydrogens is 198 g/mol. The number of carbonyl (C=O) groups is 1. The first-order valence-corrected chi connectivity index (χ1v) is 5.04. The summed E-state index contributed by atoms with van der Waals surface area (Å²) in [6, 6.07) is 0. The number of aliphatic hydroxyl groups excluding tert-OH is 1. The van der Waals surface area contributed by atoms with Gasteiger partial charge in [0.2, 0.25) is 0 Å². The van der Waals surface area contributed by atoms with E-state index in [0.717, 1.165) is 0 Å². The number of nitrogens with one attached hydrogen (secondary N) is 1. The van der Waals surface area contributed by atoms with Crippen LogP contribution < -0.4 is 5.32 Å². The van der Waals surface area contributed by atoms with E-state index in [1.807, 2.05) is 6.92 Å². The summed E-state index contributed by atoms with van der Waals surface area (Å²) in [7, 11) is 0. The van der Waals surface area contributed by atoms with Crippen molar-refractivity contribution in [1.82, 2.24) is 5.32 Å². The molecule has 0 saturated carbocycles. The van der Waals surface area contributed by atoms with Crippen LogP contribution in [0, 0.1) is 0 Å². The van der Waals surface area contributed by atoms with Gasteiger partial charge in [0.15, 0.2) is 0 Å². The van der Waals surface area contributed by atoms with Gasteiger partial charge in [0.1, 0.15) is 0 Å². The Morgan fingerprint density at radius 3 is 2.73 bits per heavy atom. The number of carboxylic acid groups (broad SMARTS) is 1. The van der Waals surface area contributed by atoms with Crippen LogP contribution in [-0.4, -0.2) is 49.1 Å². The minimum absolute atomic E-state index is 0.0267. The smallest absolute Gasteiger partial charge is 0.331 e. The second kappa shape index (κ2) is 9.64. The Hall–Kier alpha value is -0.910. The Kier molecular flexibility index (Phi) is 9.05. The Labute approximate surface area is 89.7 Å². The first-order valence-electron chi connectivity index (χ1n) is 5.04. The zero-order valence-corrected chi connectivity index (χ0v) is 9.03.